The average Bonchev–Trinajstić information content (AvgIpc) is 2.72. The highest BCUT2D eigenvalue weighted by Gasteiger charge is 2.44. The zero-order valence-electron chi connectivity index (χ0n) is 5.54. The highest BCUT2D eigenvalue weighted by atomic mass is 16.5. The lowest BCUT2D eigenvalue weighted by atomic mass is 10.2. The van der Waals surface area contributed by atoms with Gasteiger partial charge in [0.25, 0.3) is 0 Å². The first-order valence-corrected chi connectivity index (χ1v) is 3.28. The van der Waals surface area contributed by atoms with E-state index in [2.05, 4.69) is 0 Å². The van der Waals surface area contributed by atoms with Crippen molar-refractivity contribution < 1.29 is 9.47 Å². The Hall–Kier alpha value is -0.960. The second-order valence-electron chi connectivity index (χ2n) is 2.66. The molecule has 0 amide bonds. The van der Waals surface area contributed by atoms with Crippen LogP contribution in [-0.2, 0) is 9.47 Å². The van der Waals surface area contributed by atoms with Gasteiger partial charge in [0.1, 0.15) is 18.8 Å². The lowest BCUT2D eigenvalue weighted by Gasteiger charge is -2.14. The molecule has 1 aliphatic carbocycles. The van der Waals surface area contributed by atoms with Gasteiger partial charge in [-0.05, 0) is 12.8 Å². The van der Waals surface area contributed by atoms with E-state index in [9.17, 15) is 0 Å². The summed E-state index contributed by atoms with van der Waals surface area (Å²) in [4.78, 5) is 0. The van der Waals surface area contributed by atoms with Crippen LogP contribution in [0.3, 0.4) is 0 Å². The van der Waals surface area contributed by atoms with Gasteiger partial charge >= 0.3 is 0 Å². The van der Waals surface area contributed by atoms with Crippen LogP contribution in [0.15, 0.2) is 24.5 Å². The molecule has 54 valence electrons. The molecule has 3 heteroatoms. The molecule has 2 aliphatic rings. The van der Waals surface area contributed by atoms with Gasteiger partial charge in [0.05, 0.1) is 5.54 Å². The predicted molar refractivity (Wildman–Crippen MR) is 35.5 cm³/mol. The molecule has 1 heterocycles. The van der Waals surface area contributed by atoms with Gasteiger partial charge in [-0.25, -0.2) is 0 Å². The topological polar surface area (TPSA) is 44.5 Å². The van der Waals surface area contributed by atoms with Crippen LogP contribution in [0.1, 0.15) is 12.8 Å². The Morgan fingerprint density at radius 2 is 2.20 bits per heavy atom. The number of ether oxygens (including phenoxy) is 2. The summed E-state index contributed by atoms with van der Waals surface area (Å²) in [7, 11) is 0. The summed E-state index contributed by atoms with van der Waals surface area (Å²) in [5.41, 5.74) is 5.60. The van der Waals surface area contributed by atoms with Crippen LogP contribution in [-0.4, -0.2) is 5.54 Å². The highest BCUT2D eigenvalue weighted by molar-refractivity contribution is 5.22. The van der Waals surface area contributed by atoms with Crippen LogP contribution in [0.2, 0.25) is 0 Å². The molecule has 0 radical (unpaired) electrons. The molecule has 0 aromatic heterocycles. The Labute approximate surface area is 59.1 Å². The maximum Gasteiger partial charge on any atom is 0.158 e. The summed E-state index contributed by atoms with van der Waals surface area (Å²) in [6.45, 7) is 0. The predicted octanol–water partition coefficient (Wildman–Crippen LogP) is 0.837. The normalized spacial score (nSPS) is 26.3. The van der Waals surface area contributed by atoms with Crippen LogP contribution < -0.4 is 5.73 Å². The summed E-state index contributed by atoms with van der Waals surface area (Å²) in [6.07, 6.45) is 6.54. The fraction of sp³-hybridized carbons (Fsp3) is 0.429. The van der Waals surface area contributed by atoms with Crippen molar-refractivity contribution in [3.05, 3.63) is 24.5 Å². The maximum absolute atomic E-state index is 5.81. The first-order chi connectivity index (χ1) is 4.81. The third-order valence-corrected chi connectivity index (χ3v) is 1.78. The first-order valence-electron chi connectivity index (χ1n) is 3.28. The minimum Gasteiger partial charge on any atom is -0.466 e. The van der Waals surface area contributed by atoms with E-state index < -0.39 is 0 Å². The van der Waals surface area contributed by atoms with Gasteiger partial charge in [-0.1, -0.05) is 0 Å². The standard InChI is InChI=1S/C7H9NO2/c8-7(1-2-7)6-5-9-3-4-10-6/h3-5H,1-2,8H2. The molecule has 3 nitrogen and oxygen atoms in total. The Morgan fingerprint density at radius 1 is 1.40 bits per heavy atom. The van der Waals surface area contributed by atoms with Crippen molar-refractivity contribution in [2.24, 2.45) is 5.73 Å². The molecule has 0 aromatic rings. The summed E-state index contributed by atoms with van der Waals surface area (Å²) >= 11 is 0. The van der Waals surface area contributed by atoms with Crippen molar-refractivity contribution in [2.45, 2.75) is 18.4 Å². The molecule has 0 aromatic carbocycles. The average molecular weight is 139 g/mol. The zero-order chi connectivity index (χ0) is 7.03. The maximum atomic E-state index is 5.81. The molecule has 0 saturated heterocycles. The van der Waals surface area contributed by atoms with Crippen molar-refractivity contribution >= 4 is 0 Å². The van der Waals surface area contributed by atoms with Crippen molar-refractivity contribution in [2.75, 3.05) is 0 Å². The van der Waals surface area contributed by atoms with Crippen LogP contribution in [0, 0.1) is 0 Å². The fourth-order valence-corrected chi connectivity index (χ4v) is 0.878. The molecule has 0 spiro atoms. The Kier molecular flexibility index (Phi) is 1.02. The van der Waals surface area contributed by atoms with Crippen LogP contribution in [0.4, 0.5) is 0 Å². The first kappa shape index (κ1) is 5.80. The molecule has 0 unspecified atom stereocenters. The lowest BCUT2D eigenvalue weighted by molar-refractivity contribution is 0.232. The molecule has 0 atom stereocenters. The van der Waals surface area contributed by atoms with Crippen molar-refractivity contribution in [3.63, 3.8) is 0 Å². The highest BCUT2D eigenvalue weighted by Crippen LogP contribution is 2.40. The van der Waals surface area contributed by atoms with Crippen LogP contribution in [0.25, 0.3) is 0 Å². The third kappa shape index (κ3) is 0.789. The fourth-order valence-electron chi connectivity index (χ4n) is 0.878. The zero-order valence-corrected chi connectivity index (χ0v) is 5.54. The summed E-state index contributed by atoms with van der Waals surface area (Å²) < 4.78 is 10.0. The number of hydrogen-bond donors (Lipinski definition) is 1. The largest absolute Gasteiger partial charge is 0.466 e. The smallest absolute Gasteiger partial charge is 0.158 e. The molecule has 1 saturated carbocycles. The third-order valence-electron chi connectivity index (χ3n) is 1.78. The van der Waals surface area contributed by atoms with Gasteiger partial charge < -0.3 is 15.2 Å². The van der Waals surface area contributed by atoms with Crippen molar-refractivity contribution in [1.29, 1.82) is 0 Å². The van der Waals surface area contributed by atoms with E-state index in [0.717, 1.165) is 18.6 Å². The van der Waals surface area contributed by atoms with E-state index in [1.807, 2.05) is 0 Å². The van der Waals surface area contributed by atoms with Crippen molar-refractivity contribution in [3.8, 4) is 0 Å². The monoisotopic (exact) mass is 139 g/mol. The molecule has 1 fully saturated rings. The summed E-state index contributed by atoms with van der Waals surface area (Å²) in [6, 6.07) is 0. The van der Waals surface area contributed by atoms with Crippen LogP contribution in [0.5, 0.6) is 0 Å². The minimum atomic E-state index is -0.218. The SMILES string of the molecule is NC1(C2=COC=CO2)CC1. The van der Waals surface area contributed by atoms with Gasteiger partial charge in [0.15, 0.2) is 5.76 Å². The van der Waals surface area contributed by atoms with E-state index >= 15 is 0 Å². The number of hydrogen-bond acceptors (Lipinski definition) is 3. The van der Waals surface area contributed by atoms with Gasteiger partial charge in [0.2, 0.25) is 0 Å². The molecule has 2 N–H and O–H groups in total. The molecule has 2 rings (SSSR count). The van der Waals surface area contributed by atoms with Gasteiger partial charge in [-0.3, -0.25) is 0 Å². The summed E-state index contributed by atoms with van der Waals surface area (Å²) in [5, 5.41) is 0. The lowest BCUT2D eigenvalue weighted by Crippen LogP contribution is -2.26. The summed E-state index contributed by atoms with van der Waals surface area (Å²) in [5.74, 6) is 0.745. The van der Waals surface area contributed by atoms with E-state index in [1.54, 1.807) is 6.26 Å². The Balaban J connectivity index is 2.11. The molecule has 1 aliphatic heterocycles. The van der Waals surface area contributed by atoms with Gasteiger partial charge in [-0.15, -0.1) is 0 Å². The van der Waals surface area contributed by atoms with Gasteiger partial charge in [0, 0.05) is 0 Å². The van der Waals surface area contributed by atoms with Gasteiger partial charge in [-0.2, -0.15) is 0 Å². The van der Waals surface area contributed by atoms with E-state index in [4.69, 9.17) is 15.2 Å². The van der Waals surface area contributed by atoms with E-state index in [1.165, 1.54) is 12.5 Å². The Bertz CT molecular complexity index is 204. The van der Waals surface area contributed by atoms with Crippen molar-refractivity contribution in [1.82, 2.24) is 0 Å². The molecular formula is C7H9NO2. The molecule has 10 heavy (non-hydrogen) atoms. The Morgan fingerprint density at radius 3 is 2.70 bits per heavy atom. The number of rotatable bonds is 1. The quantitative estimate of drug-likeness (QED) is 0.585. The second-order valence-corrected chi connectivity index (χ2v) is 2.66. The van der Waals surface area contributed by atoms with Crippen LogP contribution >= 0.6 is 0 Å². The second kappa shape index (κ2) is 1.76. The molecule has 0 bridgehead atoms. The van der Waals surface area contributed by atoms with E-state index in [0.29, 0.717) is 0 Å². The van der Waals surface area contributed by atoms with E-state index in [-0.39, 0.29) is 5.54 Å². The number of nitrogens with two attached hydrogens (primary N) is 1. The molecular weight excluding hydrogens is 130 g/mol. The minimum absolute atomic E-state index is 0.218.